The highest BCUT2D eigenvalue weighted by atomic mass is 16.6. The lowest BCUT2D eigenvalue weighted by Gasteiger charge is -2.10. The summed E-state index contributed by atoms with van der Waals surface area (Å²) in [6.07, 6.45) is 3.98. The first-order chi connectivity index (χ1) is 13.2. The van der Waals surface area contributed by atoms with E-state index in [1.807, 2.05) is 72.8 Å². The monoisotopic (exact) mass is 360 g/mol. The molecule has 0 radical (unpaired) electrons. The molecule has 3 rings (SSSR count). The first kappa shape index (κ1) is 18.3. The molecule has 0 unspecified atom stereocenters. The number of carbonyl (C=O) groups is 1. The van der Waals surface area contributed by atoms with E-state index in [-0.39, 0.29) is 6.61 Å². The van der Waals surface area contributed by atoms with E-state index in [0.29, 0.717) is 17.2 Å². The van der Waals surface area contributed by atoms with Crippen molar-refractivity contribution in [3.63, 3.8) is 0 Å². The van der Waals surface area contributed by atoms with E-state index in [4.69, 9.17) is 14.2 Å². The molecule has 0 aromatic heterocycles. The molecular weight excluding hydrogens is 340 g/mol. The summed E-state index contributed by atoms with van der Waals surface area (Å²) >= 11 is 0. The Kier molecular flexibility index (Phi) is 6.26. The molecule has 3 aromatic carbocycles. The first-order valence-corrected chi connectivity index (χ1v) is 8.54. The molecule has 0 amide bonds. The van der Waals surface area contributed by atoms with Crippen LogP contribution in [-0.4, -0.2) is 19.7 Å². The van der Waals surface area contributed by atoms with Crippen LogP contribution in [0.15, 0.2) is 78.9 Å². The van der Waals surface area contributed by atoms with Gasteiger partial charge in [-0.05, 0) is 35.4 Å². The van der Waals surface area contributed by atoms with E-state index in [9.17, 15) is 4.79 Å². The number of hydrogen-bond acceptors (Lipinski definition) is 4. The second-order valence-electron chi connectivity index (χ2n) is 5.73. The summed E-state index contributed by atoms with van der Waals surface area (Å²) < 4.78 is 16.1. The van der Waals surface area contributed by atoms with Crippen molar-refractivity contribution in [3.05, 3.63) is 90.0 Å². The van der Waals surface area contributed by atoms with Gasteiger partial charge in [-0.1, -0.05) is 66.7 Å². The first-order valence-electron chi connectivity index (χ1n) is 8.54. The molecule has 0 saturated carbocycles. The fourth-order valence-electron chi connectivity index (χ4n) is 2.44. The summed E-state index contributed by atoms with van der Waals surface area (Å²) in [5, 5.41) is 0. The molecule has 0 N–H and O–H groups in total. The quantitative estimate of drug-likeness (QED) is 0.343. The summed E-state index contributed by atoms with van der Waals surface area (Å²) in [4.78, 5) is 12.0. The number of esters is 1. The molecule has 0 aliphatic rings. The number of ether oxygens (including phenoxy) is 3. The van der Waals surface area contributed by atoms with Gasteiger partial charge in [0, 0.05) is 0 Å². The molecule has 0 bridgehead atoms. The molecule has 4 heteroatoms. The third kappa shape index (κ3) is 5.47. The van der Waals surface area contributed by atoms with Gasteiger partial charge in [0.15, 0.2) is 18.1 Å². The highest BCUT2D eigenvalue weighted by Gasteiger charge is 2.11. The third-order valence-corrected chi connectivity index (χ3v) is 3.78. The Morgan fingerprint density at radius 1 is 0.815 bits per heavy atom. The average Bonchev–Trinajstić information content (AvgIpc) is 2.73. The van der Waals surface area contributed by atoms with Crippen molar-refractivity contribution < 1.29 is 19.0 Å². The second kappa shape index (κ2) is 9.25. The van der Waals surface area contributed by atoms with Crippen LogP contribution in [0, 0.1) is 0 Å². The number of methoxy groups -OCH3 is 1. The van der Waals surface area contributed by atoms with Crippen LogP contribution < -0.4 is 14.2 Å². The van der Waals surface area contributed by atoms with Crippen LogP contribution in [0.2, 0.25) is 0 Å². The summed E-state index contributed by atoms with van der Waals surface area (Å²) in [5.74, 6) is 0.960. The lowest BCUT2D eigenvalue weighted by Crippen LogP contribution is -2.18. The highest BCUT2D eigenvalue weighted by molar-refractivity contribution is 5.76. The number of para-hydroxylation sites is 1. The Labute approximate surface area is 158 Å². The summed E-state index contributed by atoms with van der Waals surface area (Å²) in [6, 6.07) is 24.5. The van der Waals surface area contributed by atoms with Crippen LogP contribution in [-0.2, 0) is 4.79 Å². The molecule has 0 atom stereocenters. The predicted molar refractivity (Wildman–Crippen MR) is 106 cm³/mol. The fraction of sp³-hybridized carbons (Fsp3) is 0.0870. The Hall–Kier alpha value is -3.53. The van der Waals surface area contributed by atoms with Crippen molar-refractivity contribution in [1.82, 2.24) is 0 Å². The molecule has 0 aliphatic carbocycles. The van der Waals surface area contributed by atoms with Gasteiger partial charge < -0.3 is 14.2 Å². The predicted octanol–water partition coefficient (Wildman–Crippen LogP) is 4.85. The van der Waals surface area contributed by atoms with Crippen molar-refractivity contribution in [2.75, 3.05) is 13.7 Å². The number of rotatable bonds is 7. The van der Waals surface area contributed by atoms with Gasteiger partial charge in [0.25, 0.3) is 0 Å². The van der Waals surface area contributed by atoms with Crippen molar-refractivity contribution in [3.8, 4) is 17.2 Å². The van der Waals surface area contributed by atoms with Crippen LogP contribution in [0.3, 0.4) is 0 Å². The largest absolute Gasteiger partial charge is 0.493 e. The minimum atomic E-state index is -0.496. The SMILES string of the molecule is COc1cc(C=Cc2ccccc2)ccc1OC(=O)COc1ccccc1. The van der Waals surface area contributed by atoms with Crippen LogP contribution in [0.5, 0.6) is 17.2 Å². The van der Waals surface area contributed by atoms with Crippen molar-refractivity contribution >= 4 is 18.1 Å². The van der Waals surface area contributed by atoms with Gasteiger partial charge in [0.2, 0.25) is 0 Å². The number of carbonyl (C=O) groups excluding carboxylic acids is 1. The van der Waals surface area contributed by atoms with Gasteiger partial charge in [-0.2, -0.15) is 0 Å². The smallest absolute Gasteiger partial charge is 0.349 e. The van der Waals surface area contributed by atoms with E-state index in [0.717, 1.165) is 11.1 Å². The zero-order chi connectivity index (χ0) is 18.9. The molecular formula is C23H20O4. The van der Waals surface area contributed by atoms with Gasteiger partial charge in [0.05, 0.1) is 7.11 Å². The molecule has 0 aliphatic heterocycles. The maximum absolute atomic E-state index is 12.0. The van der Waals surface area contributed by atoms with E-state index in [1.165, 1.54) is 7.11 Å². The zero-order valence-electron chi connectivity index (χ0n) is 15.0. The minimum Gasteiger partial charge on any atom is -0.493 e. The molecule has 0 spiro atoms. The summed E-state index contributed by atoms with van der Waals surface area (Å²) in [6.45, 7) is -0.178. The van der Waals surface area contributed by atoms with E-state index < -0.39 is 5.97 Å². The highest BCUT2D eigenvalue weighted by Crippen LogP contribution is 2.29. The Morgan fingerprint density at radius 2 is 1.48 bits per heavy atom. The second-order valence-corrected chi connectivity index (χ2v) is 5.73. The molecule has 4 nitrogen and oxygen atoms in total. The lowest BCUT2D eigenvalue weighted by atomic mass is 10.1. The Bertz CT molecular complexity index is 902. The van der Waals surface area contributed by atoms with Gasteiger partial charge in [0.1, 0.15) is 5.75 Å². The Balaban J connectivity index is 1.63. The number of hydrogen-bond donors (Lipinski definition) is 0. The zero-order valence-corrected chi connectivity index (χ0v) is 15.0. The minimum absolute atomic E-state index is 0.178. The molecule has 27 heavy (non-hydrogen) atoms. The molecule has 136 valence electrons. The van der Waals surface area contributed by atoms with Gasteiger partial charge >= 0.3 is 5.97 Å². The average molecular weight is 360 g/mol. The summed E-state index contributed by atoms with van der Waals surface area (Å²) in [5.41, 5.74) is 2.04. The maximum Gasteiger partial charge on any atom is 0.349 e. The molecule has 0 heterocycles. The van der Waals surface area contributed by atoms with Crippen molar-refractivity contribution in [1.29, 1.82) is 0 Å². The van der Waals surface area contributed by atoms with Gasteiger partial charge in [-0.3, -0.25) is 0 Å². The normalized spacial score (nSPS) is 10.6. The van der Waals surface area contributed by atoms with Crippen LogP contribution in [0.25, 0.3) is 12.2 Å². The van der Waals surface area contributed by atoms with Gasteiger partial charge in [-0.25, -0.2) is 4.79 Å². The van der Waals surface area contributed by atoms with E-state index in [2.05, 4.69) is 0 Å². The molecule has 3 aromatic rings. The maximum atomic E-state index is 12.0. The van der Waals surface area contributed by atoms with Crippen LogP contribution in [0.4, 0.5) is 0 Å². The Morgan fingerprint density at radius 3 is 2.19 bits per heavy atom. The topological polar surface area (TPSA) is 44.8 Å². The fourth-order valence-corrected chi connectivity index (χ4v) is 2.44. The van der Waals surface area contributed by atoms with Gasteiger partial charge in [-0.15, -0.1) is 0 Å². The molecule has 0 fully saturated rings. The number of benzene rings is 3. The van der Waals surface area contributed by atoms with Crippen molar-refractivity contribution in [2.45, 2.75) is 0 Å². The van der Waals surface area contributed by atoms with Crippen LogP contribution >= 0.6 is 0 Å². The molecule has 0 saturated heterocycles. The van der Waals surface area contributed by atoms with Crippen molar-refractivity contribution in [2.24, 2.45) is 0 Å². The third-order valence-electron chi connectivity index (χ3n) is 3.78. The van der Waals surface area contributed by atoms with Crippen LogP contribution in [0.1, 0.15) is 11.1 Å². The lowest BCUT2D eigenvalue weighted by molar-refractivity contribution is -0.136. The summed E-state index contributed by atoms with van der Waals surface area (Å²) in [7, 11) is 1.54. The van der Waals surface area contributed by atoms with E-state index in [1.54, 1.807) is 18.2 Å². The standard InChI is InChI=1S/C23H20O4/c1-25-22-16-19(13-12-18-8-4-2-5-9-18)14-15-21(22)27-23(24)17-26-20-10-6-3-7-11-20/h2-16H,17H2,1H3. The van der Waals surface area contributed by atoms with E-state index >= 15 is 0 Å².